The van der Waals surface area contributed by atoms with Gasteiger partial charge in [0.1, 0.15) is 0 Å². The zero-order valence-electron chi connectivity index (χ0n) is 13.0. The maximum atomic E-state index is 10.9. The molecule has 1 rings (SSSR count). The van der Waals surface area contributed by atoms with E-state index in [0.29, 0.717) is 0 Å². The van der Waals surface area contributed by atoms with Gasteiger partial charge in [0.15, 0.2) is 0 Å². The molecule has 0 aromatic heterocycles. The molecule has 4 nitrogen and oxygen atoms in total. The molecular formula is C12H25BBeO4. The Morgan fingerprint density at radius 3 is 1.22 bits per heavy atom. The molecule has 1 aliphatic rings. The van der Waals surface area contributed by atoms with Crippen molar-refractivity contribution in [2.45, 2.75) is 77.8 Å². The van der Waals surface area contributed by atoms with Crippen molar-refractivity contribution < 1.29 is 19.5 Å². The van der Waals surface area contributed by atoms with Crippen LogP contribution in [0.4, 0.5) is 0 Å². The van der Waals surface area contributed by atoms with Crippen molar-refractivity contribution in [2.75, 3.05) is 0 Å². The number of hydrogen-bond donors (Lipinski definition) is 1. The fourth-order valence-corrected chi connectivity index (χ4v) is 0.548. The van der Waals surface area contributed by atoms with Crippen molar-refractivity contribution in [3.63, 3.8) is 0 Å². The summed E-state index contributed by atoms with van der Waals surface area (Å²) in [7, 11) is 1.42. The van der Waals surface area contributed by atoms with Gasteiger partial charge in [-0.15, -0.1) is 0 Å². The summed E-state index contributed by atoms with van der Waals surface area (Å²) >= 11 is 0. The minimum Gasteiger partial charge on any atom is -0.848 e. The summed E-state index contributed by atoms with van der Waals surface area (Å²) in [5, 5.41) is 19.9. The predicted molar refractivity (Wildman–Crippen MR) is 72.2 cm³/mol. The van der Waals surface area contributed by atoms with E-state index in [2.05, 4.69) is 0 Å². The molecule has 2 radical (unpaired) electrons. The van der Waals surface area contributed by atoms with Crippen molar-refractivity contribution in [2.24, 2.45) is 0 Å². The molecule has 0 unspecified atom stereocenters. The van der Waals surface area contributed by atoms with Gasteiger partial charge in [-0.1, -0.05) is 19.4 Å². The Labute approximate surface area is 116 Å². The second kappa shape index (κ2) is 6.02. The largest absolute Gasteiger partial charge is 2.00 e. The minimum atomic E-state index is -1.26. The van der Waals surface area contributed by atoms with E-state index in [1.165, 1.54) is 35.4 Å². The quantitative estimate of drug-likeness (QED) is 0.696. The molecule has 6 heteroatoms. The predicted octanol–water partition coefficient (Wildman–Crippen LogP) is 0.640. The Morgan fingerprint density at radius 1 is 0.944 bits per heavy atom. The van der Waals surface area contributed by atoms with Crippen LogP contribution in [-0.2, 0) is 9.31 Å². The van der Waals surface area contributed by atoms with Gasteiger partial charge in [-0.05, 0) is 49.2 Å². The third-order valence-corrected chi connectivity index (χ3v) is 3.61. The average Bonchev–Trinajstić information content (AvgIpc) is 2.21. The number of hydrogen-bond acceptors (Lipinski definition) is 4. The third kappa shape index (κ3) is 5.37. The molecule has 0 aromatic rings. The van der Waals surface area contributed by atoms with Gasteiger partial charge in [-0.25, -0.2) is 0 Å². The fourth-order valence-electron chi connectivity index (χ4n) is 0.548. The first-order chi connectivity index (χ1) is 7.21. The first-order valence-electron chi connectivity index (χ1n) is 5.81. The molecule has 1 saturated heterocycles. The van der Waals surface area contributed by atoms with Crippen molar-refractivity contribution >= 4 is 17.8 Å². The van der Waals surface area contributed by atoms with E-state index in [4.69, 9.17) is 14.4 Å². The van der Waals surface area contributed by atoms with E-state index in [1.54, 1.807) is 0 Å². The van der Waals surface area contributed by atoms with E-state index in [1.807, 2.05) is 27.7 Å². The molecule has 1 N–H and O–H groups in total. The molecule has 18 heavy (non-hydrogen) atoms. The number of aliphatic hydroxyl groups is 1. The Morgan fingerprint density at radius 2 is 1.17 bits per heavy atom. The molecule has 0 amide bonds. The second-order valence-corrected chi connectivity index (χ2v) is 6.42. The standard InChI is InChI=1S/C6H12BO2.C6H13O2.Be/c1-5(2)6(3,4)9-7-8-5;1-5(2,7)6(3,4)8;/h1-4H3;7H,1-4H3;/q2*-1;+2. The number of rotatable bonds is 1. The molecule has 0 bridgehead atoms. The smallest absolute Gasteiger partial charge is 0.848 e. The Balaban J connectivity index is 0. The van der Waals surface area contributed by atoms with E-state index in [9.17, 15) is 5.11 Å². The summed E-state index contributed by atoms with van der Waals surface area (Å²) in [5.74, 6) is 0. The van der Waals surface area contributed by atoms with Crippen molar-refractivity contribution in [1.82, 2.24) is 0 Å². The summed E-state index contributed by atoms with van der Waals surface area (Å²) in [6, 6.07) is 0. The van der Waals surface area contributed by atoms with E-state index < -0.39 is 11.2 Å². The molecule has 1 aliphatic heterocycles. The maximum Gasteiger partial charge on any atom is 2.00 e. The maximum absolute atomic E-state index is 10.9. The normalized spacial score (nSPS) is 21.7. The van der Waals surface area contributed by atoms with Gasteiger partial charge in [0.05, 0.1) is 0 Å². The van der Waals surface area contributed by atoms with Gasteiger partial charge in [0.2, 0.25) is 0 Å². The van der Waals surface area contributed by atoms with Crippen molar-refractivity contribution in [3.05, 3.63) is 0 Å². The molecule has 0 spiro atoms. The molecule has 102 valence electrons. The molecule has 0 aromatic carbocycles. The molecular weight excluding hydrogens is 228 g/mol. The summed E-state index contributed by atoms with van der Waals surface area (Å²) in [6.45, 7) is 14.0. The summed E-state index contributed by atoms with van der Waals surface area (Å²) in [6.07, 6.45) is 0. The van der Waals surface area contributed by atoms with Gasteiger partial charge in [0.25, 0.3) is 0 Å². The van der Waals surface area contributed by atoms with Crippen molar-refractivity contribution in [3.8, 4) is 0 Å². The zero-order chi connectivity index (χ0) is 14.1. The van der Waals surface area contributed by atoms with E-state index in [-0.39, 0.29) is 21.3 Å². The van der Waals surface area contributed by atoms with Gasteiger partial charge < -0.3 is 19.5 Å². The summed E-state index contributed by atoms with van der Waals surface area (Å²) < 4.78 is 10.4. The third-order valence-electron chi connectivity index (χ3n) is 3.61. The van der Waals surface area contributed by atoms with E-state index in [0.717, 1.165) is 0 Å². The van der Waals surface area contributed by atoms with Crippen LogP contribution in [0.2, 0.25) is 0 Å². The average molecular weight is 253 g/mol. The van der Waals surface area contributed by atoms with E-state index >= 15 is 0 Å². The van der Waals surface area contributed by atoms with Crippen LogP contribution in [0.15, 0.2) is 0 Å². The van der Waals surface area contributed by atoms with Crippen LogP contribution in [0, 0.1) is 0 Å². The molecule has 0 atom stereocenters. The first-order valence-corrected chi connectivity index (χ1v) is 5.81. The van der Waals surface area contributed by atoms with Crippen molar-refractivity contribution in [1.29, 1.82) is 0 Å². The zero-order valence-corrected chi connectivity index (χ0v) is 13.0. The van der Waals surface area contributed by atoms with Gasteiger partial charge in [-0.2, -0.15) is 0 Å². The van der Waals surface area contributed by atoms with Crippen LogP contribution in [-0.4, -0.2) is 45.3 Å². The fraction of sp³-hybridized carbons (Fsp3) is 1.00. The summed E-state index contributed by atoms with van der Waals surface area (Å²) in [4.78, 5) is 0. The summed E-state index contributed by atoms with van der Waals surface area (Å²) in [5.41, 5.74) is -2.75. The van der Waals surface area contributed by atoms with Crippen LogP contribution in [0.1, 0.15) is 55.4 Å². The topological polar surface area (TPSA) is 61.8 Å². The van der Waals surface area contributed by atoms with Gasteiger partial charge >= 0.3 is 10.1 Å². The molecule has 1 heterocycles. The van der Waals surface area contributed by atoms with Crippen LogP contribution in [0.25, 0.3) is 0 Å². The van der Waals surface area contributed by atoms with Gasteiger partial charge in [0, 0.05) is 16.8 Å². The Bertz CT molecular complexity index is 228. The monoisotopic (exact) mass is 253 g/mol. The Hall–Kier alpha value is 0.0738. The molecule has 1 fully saturated rings. The molecule has 0 aliphatic carbocycles. The van der Waals surface area contributed by atoms with Crippen LogP contribution < -0.4 is 5.11 Å². The SMILES string of the molecule is CC(C)([O-])C(C)(C)O.CC1(C)O[B-]OC1(C)C.[Be+2]. The minimum absolute atomic E-state index is 0. The van der Waals surface area contributed by atoms with Crippen LogP contribution in [0.3, 0.4) is 0 Å². The van der Waals surface area contributed by atoms with Gasteiger partial charge in [-0.3, -0.25) is 0 Å². The Kier molecular flexibility index (Phi) is 6.82. The second-order valence-electron chi connectivity index (χ2n) is 6.42. The first kappa shape index (κ1) is 20.4. The molecule has 0 saturated carbocycles. The van der Waals surface area contributed by atoms with Crippen LogP contribution in [0.5, 0.6) is 0 Å². The van der Waals surface area contributed by atoms with Crippen LogP contribution >= 0.6 is 0 Å².